The highest BCUT2D eigenvalue weighted by molar-refractivity contribution is 9.10. The smallest absolute Gasteiger partial charge is 0.120 e. The third-order valence-electron chi connectivity index (χ3n) is 1.40. The van der Waals surface area contributed by atoms with E-state index >= 15 is 0 Å². The number of halogens is 1. The summed E-state index contributed by atoms with van der Waals surface area (Å²) in [6.45, 7) is 0. The van der Waals surface area contributed by atoms with E-state index in [1.165, 1.54) is 6.21 Å². The molecule has 0 aliphatic rings. The molecule has 0 aliphatic carbocycles. The van der Waals surface area contributed by atoms with Gasteiger partial charge in [0.05, 0.1) is 13.3 Å². The largest absolute Gasteiger partial charge is 0.497 e. The Balaban J connectivity index is 3.03. The molecule has 64 valence electrons. The molecular weight excluding hydrogens is 222 g/mol. The molecule has 0 aliphatic heterocycles. The Bertz CT molecular complexity index is 299. The number of methoxy groups -OCH3 is 1. The van der Waals surface area contributed by atoms with Crippen molar-refractivity contribution in [3.63, 3.8) is 0 Å². The van der Waals surface area contributed by atoms with Crippen LogP contribution in [0.3, 0.4) is 0 Å². The molecule has 0 spiro atoms. The van der Waals surface area contributed by atoms with Gasteiger partial charge in [-0.05, 0) is 34.1 Å². The van der Waals surface area contributed by atoms with Gasteiger partial charge in [-0.3, -0.25) is 0 Å². The summed E-state index contributed by atoms with van der Waals surface area (Å²) >= 11 is 3.31. The Hall–Kier alpha value is -1.03. The highest BCUT2D eigenvalue weighted by Crippen LogP contribution is 2.21. The maximum atomic E-state index is 8.29. The second-order valence-corrected chi connectivity index (χ2v) is 2.99. The summed E-state index contributed by atoms with van der Waals surface area (Å²) in [5.41, 5.74) is 0.804. The van der Waals surface area contributed by atoms with Crippen LogP contribution in [0.5, 0.6) is 5.75 Å². The Kier molecular flexibility index (Phi) is 3.10. The van der Waals surface area contributed by atoms with Gasteiger partial charge in [0.15, 0.2) is 0 Å². The lowest BCUT2D eigenvalue weighted by Crippen LogP contribution is -1.86. The fraction of sp³-hybridized carbons (Fsp3) is 0.125. The minimum Gasteiger partial charge on any atom is -0.497 e. The van der Waals surface area contributed by atoms with Crippen LogP contribution in [0.25, 0.3) is 0 Å². The van der Waals surface area contributed by atoms with Crippen LogP contribution in [0, 0.1) is 0 Å². The first-order chi connectivity index (χ1) is 5.77. The zero-order chi connectivity index (χ0) is 8.97. The summed E-state index contributed by atoms with van der Waals surface area (Å²) in [6.07, 6.45) is 1.35. The lowest BCUT2D eigenvalue weighted by molar-refractivity contribution is 0.322. The average molecular weight is 230 g/mol. The van der Waals surface area contributed by atoms with E-state index in [4.69, 9.17) is 9.94 Å². The molecule has 0 fully saturated rings. The molecule has 1 aromatic rings. The standard InChI is InChI=1S/C8H8BrNO2/c1-12-7-3-2-6(5-10-11)8(9)4-7/h2-5,11H,1H3/b10-5+. The van der Waals surface area contributed by atoms with E-state index in [9.17, 15) is 0 Å². The third-order valence-corrected chi connectivity index (χ3v) is 2.09. The maximum Gasteiger partial charge on any atom is 0.120 e. The Labute approximate surface area is 78.8 Å². The zero-order valence-electron chi connectivity index (χ0n) is 6.49. The van der Waals surface area contributed by atoms with E-state index in [1.54, 1.807) is 25.3 Å². The second-order valence-electron chi connectivity index (χ2n) is 2.13. The quantitative estimate of drug-likeness (QED) is 0.481. The highest BCUT2D eigenvalue weighted by atomic mass is 79.9. The fourth-order valence-electron chi connectivity index (χ4n) is 0.802. The summed E-state index contributed by atoms with van der Waals surface area (Å²) in [5.74, 6) is 0.761. The molecule has 0 bridgehead atoms. The molecule has 0 unspecified atom stereocenters. The number of nitrogens with zero attached hydrogens (tertiary/aromatic N) is 1. The minimum absolute atomic E-state index is 0.761. The van der Waals surface area contributed by atoms with Gasteiger partial charge in [0.1, 0.15) is 5.75 Å². The van der Waals surface area contributed by atoms with Crippen molar-refractivity contribution in [1.82, 2.24) is 0 Å². The number of ether oxygens (including phenoxy) is 1. The van der Waals surface area contributed by atoms with Crippen molar-refractivity contribution in [2.45, 2.75) is 0 Å². The number of hydrogen-bond donors (Lipinski definition) is 1. The van der Waals surface area contributed by atoms with Crippen molar-refractivity contribution in [1.29, 1.82) is 0 Å². The van der Waals surface area contributed by atoms with Crippen LogP contribution in [-0.4, -0.2) is 18.5 Å². The molecule has 0 radical (unpaired) electrons. The monoisotopic (exact) mass is 229 g/mol. The number of rotatable bonds is 2. The van der Waals surface area contributed by atoms with E-state index in [-0.39, 0.29) is 0 Å². The zero-order valence-corrected chi connectivity index (χ0v) is 8.08. The Morgan fingerprint density at radius 3 is 2.83 bits per heavy atom. The van der Waals surface area contributed by atoms with Crippen molar-refractivity contribution in [3.05, 3.63) is 28.2 Å². The van der Waals surface area contributed by atoms with E-state index in [0.717, 1.165) is 15.8 Å². The van der Waals surface area contributed by atoms with Crippen molar-refractivity contribution in [2.75, 3.05) is 7.11 Å². The van der Waals surface area contributed by atoms with Crippen LogP contribution in [0.4, 0.5) is 0 Å². The van der Waals surface area contributed by atoms with Crippen LogP contribution in [0.2, 0.25) is 0 Å². The lowest BCUT2D eigenvalue weighted by Gasteiger charge is -2.01. The maximum absolute atomic E-state index is 8.29. The van der Waals surface area contributed by atoms with Gasteiger partial charge in [0.25, 0.3) is 0 Å². The van der Waals surface area contributed by atoms with Gasteiger partial charge in [-0.15, -0.1) is 0 Å². The van der Waals surface area contributed by atoms with Gasteiger partial charge < -0.3 is 9.94 Å². The minimum atomic E-state index is 0.761. The molecule has 3 nitrogen and oxygen atoms in total. The second kappa shape index (κ2) is 4.11. The first kappa shape index (κ1) is 9.06. The summed E-state index contributed by atoms with van der Waals surface area (Å²) < 4.78 is 5.82. The number of oxime groups is 1. The normalized spacial score (nSPS) is 10.5. The Morgan fingerprint density at radius 2 is 2.33 bits per heavy atom. The van der Waals surface area contributed by atoms with Crippen molar-refractivity contribution in [2.24, 2.45) is 5.16 Å². The summed E-state index contributed by atoms with van der Waals surface area (Å²) in [4.78, 5) is 0. The lowest BCUT2D eigenvalue weighted by atomic mass is 10.2. The molecule has 0 heterocycles. The molecular formula is C8H8BrNO2. The summed E-state index contributed by atoms with van der Waals surface area (Å²) in [7, 11) is 1.60. The van der Waals surface area contributed by atoms with Crippen LogP contribution < -0.4 is 4.74 Å². The predicted octanol–water partition coefficient (Wildman–Crippen LogP) is 2.27. The van der Waals surface area contributed by atoms with Gasteiger partial charge in [-0.25, -0.2) is 0 Å². The first-order valence-electron chi connectivity index (χ1n) is 3.29. The van der Waals surface area contributed by atoms with Crippen molar-refractivity contribution >= 4 is 22.1 Å². The topological polar surface area (TPSA) is 41.8 Å². The van der Waals surface area contributed by atoms with Crippen molar-refractivity contribution in [3.8, 4) is 5.75 Å². The fourth-order valence-corrected chi connectivity index (χ4v) is 1.26. The molecule has 0 atom stereocenters. The summed E-state index contributed by atoms with van der Waals surface area (Å²) in [5, 5.41) is 11.2. The van der Waals surface area contributed by atoms with Gasteiger partial charge in [-0.1, -0.05) is 5.16 Å². The molecule has 0 saturated carbocycles. The SMILES string of the molecule is COc1ccc(/C=N/O)c(Br)c1. The van der Waals surface area contributed by atoms with E-state index in [1.807, 2.05) is 0 Å². The van der Waals surface area contributed by atoms with Crippen LogP contribution >= 0.6 is 15.9 Å². The first-order valence-corrected chi connectivity index (χ1v) is 4.08. The van der Waals surface area contributed by atoms with Crippen molar-refractivity contribution < 1.29 is 9.94 Å². The molecule has 1 aromatic carbocycles. The van der Waals surface area contributed by atoms with Crippen LogP contribution in [0.15, 0.2) is 27.8 Å². The molecule has 0 aromatic heterocycles. The van der Waals surface area contributed by atoms with Gasteiger partial charge in [-0.2, -0.15) is 0 Å². The number of hydrogen-bond acceptors (Lipinski definition) is 3. The highest BCUT2D eigenvalue weighted by Gasteiger charge is 1.98. The molecule has 1 rings (SSSR count). The molecule has 0 saturated heterocycles. The van der Waals surface area contributed by atoms with Gasteiger partial charge in [0.2, 0.25) is 0 Å². The average Bonchev–Trinajstić information content (AvgIpc) is 2.09. The van der Waals surface area contributed by atoms with Gasteiger partial charge in [0, 0.05) is 10.0 Å². The van der Waals surface area contributed by atoms with E-state index < -0.39 is 0 Å². The summed E-state index contributed by atoms with van der Waals surface area (Å²) in [6, 6.07) is 5.39. The Morgan fingerprint density at radius 1 is 1.58 bits per heavy atom. The van der Waals surface area contributed by atoms with E-state index in [2.05, 4.69) is 21.1 Å². The number of benzene rings is 1. The molecule has 12 heavy (non-hydrogen) atoms. The predicted molar refractivity (Wildman–Crippen MR) is 50.1 cm³/mol. The van der Waals surface area contributed by atoms with Crippen LogP contribution in [-0.2, 0) is 0 Å². The third kappa shape index (κ3) is 1.98. The molecule has 0 amide bonds. The molecule has 4 heteroatoms. The van der Waals surface area contributed by atoms with Crippen LogP contribution in [0.1, 0.15) is 5.56 Å². The van der Waals surface area contributed by atoms with Gasteiger partial charge >= 0.3 is 0 Å². The molecule has 1 N–H and O–H groups in total. The van der Waals surface area contributed by atoms with E-state index in [0.29, 0.717) is 0 Å².